The zero-order chi connectivity index (χ0) is 14.0. The van der Waals surface area contributed by atoms with E-state index in [9.17, 15) is 9.90 Å². The minimum absolute atomic E-state index is 0.196. The van der Waals surface area contributed by atoms with Gasteiger partial charge in [0.05, 0.1) is 6.10 Å². The zero-order valence-corrected chi connectivity index (χ0v) is 12.2. The Morgan fingerprint density at radius 3 is 2.74 bits per heavy atom. The Bertz CT molecular complexity index is 458. The van der Waals surface area contributed by atoms with E-state index < -0.39 is 5.97 Å². The van der Waals surface area contributed by atoms with Gasteiger partial charge in [0.25, 0.3) is 0 Å². The summed E-state index contributed by atoms with van der Waals surface area (Å²) in [6.07, 6.45) is 3.91. The van der Waals surface area contributed by atoms with Crippen molar-refractivity contribution < 1.29 is 15.0 Å². The van der Waals surface area contributed by atoms with Crippen LogP contribution in [0.4, 0.5) is 0 Å². The third-order valence-corrected chi connectivity index (χ3v) is 4.99. The van der Waals surface area contributed by atoms with Crippen LogP contribution in [-0.2, 0) is 6.54 Å². The molecule has 19 heavy (non-hydrogen) atoms. The molecule has 106 valence electrons. The van der Waals surface area contributed by atoms with E-state index in [2.05, 4.69) is 4.90 Å². The summed E-state index contributed by atoms with van der Waals surface area (Å²) in [6, 6.07) is 1.95. The molecular weight excluding hydrogens is 262 g/mol. The van der Waals surface area contributed by atoms with Crippen LogP contribution in [0.3, 0.4) is 0 Å². The first kappa shape index (κ1) is 14.5. The second-order valence-corrected chi connectivity index (χ2v) is 6.59. The van der Waals surface area contributed by atoms with Gasteiger partial charge in [0.1, 0.15) is 4.88 Å². The summed E-state index contributed by atoms with van der Waals surface area (Å²) in [7, 11) is 2.01. The first-order valence-corrected chi connectivity index (χ1v) is 7.51. The minimum Gasteiger partial charge on any atom is -0.477 e. The number of likely N-dealkylation sites (N-methyl/N-ethyl adjacent to an activating group) is 1. The number of rotatable bonds is 4. The van der Waals surface area contributed by atoms with Gasteiger partial charge >= 0.3 is 5.97 Å². The highest BCUT2D eigenvalue weighted by atomic mass is 32.1. The summed E-state index contributed by atoms with van der Waals surface area (Å²) in [5.41, 5.74) is 1.06. The molecule has 1 aromatic rings. The zero-order valence-electron chi connectivity index (χ0n) is 11.4. The molecule has 1 fully saturated rings. The molecule has 2 N–H and O–H groups in total. The average Bonchev–Trinajstić information content (AvgIpc) is 2.71. The van der Waals surface area contributed by atoms with Crippen LogP contribution < -0.4 is 0 Å². The molecule has 0 saturated heterocycles. The highest BCUT2D eigenvalue weighted by Crippen LogP contribution is 2.27. The maximum atomic E-state index is 11.0. The van der Waals surface area contributed by atoms with Gasteiger partial charge in [0.15, 0.2) is 0 Å². The Morgan fingerprint density at radius 1 is 1.47 bits per heavy atom. The standard InChI is InChI=1S/C14H21NO3S/c1-9-10(7-13(19-9)14(17)18)8-15(2)11-5-3-4-6-12(11)16/h7,11-12,16H,3-6,8H2,1-2H3,(H,17,18). The predicted octanol–water partition coefficient (Wildman–Crippen LogP) is 2.49. The Kier molecular flexibility index (Phi) is 4.60. The molecule has 0 amide bonds. The van der Waals surface area contributed by atoms with E-state index in [4.69, 9.17) is 5.11 Å². The van der Waals surface area contributed by atoms with Gasteiger partial charge in [-0.15, -0.1) is 11.3 Å². The lowest BCUT2D eigenvalue weighted by Crippen LogP contribution is -2.42. The summed E-state index contributed by atoms with van der Waals surface area (Å²) in [5, 5.41) is 19.1. The van der Waals surface area contributed by atoms with Gasteiger partial charge in [0.2, 0.25) is 0 Å². The van der Waals surface area contributed by atoms with E-state index in [0.29, 0.717) is 11.4 Å². The van der Waals surface area contributed by atoms with Crippen molar-refractivity contribution in [2.45, 2.75) is 51.3 Å². The van der Waals surface area contributed by atoms with Crippen molar-refractivity contribution in [3.8, 4) is 0 Å². The van der Waals surface area contributed by atoms with Crippen LogP contribution in [0.5, 0.6) is 0 Å². The van der Waals surface area contributed by atoms with Gasteiger partial charge in [-0.25, -0.2) is 4.79 Å². The van der Waals surface area contributed by atoms with Gasteiger partial charge in [-0.05, 0) is 38.4 Å². The molecule has 1 heterocycles. The number of aromatic carboxylic acids is 1. The van der Waals surface area contributed by atoms with Crippen molar-refractivity contribution in [3.63, 3.8) is 0 Å². The molecule has 1 aliphatic rings. The average molecular weight is 283 g/mol. The first-order chi connectivity index (χ1) is 8.99. The van der Waals surface area contributed by atoms with E-state index >= 15 is 0 Å². The summed E-state index contributed by atoms with van der Waals surface area (Å²) < 4.78 is 0. The lowest BCUT2D eigenvalue weighted by Gasteiger charge is -2.35. The van der Waals surface area contributed by atoms with Crippen molar-refractivity contribution >= 4 is 17.3 Å². The molecule has 0 spiro atoms. The molecule has 5 heteroatoms. The second kappa shape index (κ2) is 6.03. The maximum Gasteiger partial charge on any atom is 0.345 e. The highest BCUT2D eigenvalue weighted by Gasteiger charge is 2.27. The number of hydrogen-bond donors (Lipinski definition) is 2. The largest absolute Gasteiger partial charge is 0.477 e. The van der Waals surface area contributed by atoms with Crippen LogP contribution in [0.25, 0.3) is 0 Å². The van der Waals surface area contributed by atoms with Crippen LogP contribution in [0.2, 0.25) is 0 Å². The number of carbonyl (C=O) groups is 1. The van der Waals surface area contributed by atoms with Crippen molar-refractivity contribution in [2.24, 2.45) is 0 Å². The molecule has 4 nitrogen and oxygen atoms in total. The molecule has 1 saturated carbocycles. The minimum atomic E-state index is -0.861. The first-order valence-electron chi connectivity index (χ1n) is 6.70. The van der Waals surface area contributed by atoms with Crippen LogP contribution in [0, 0.1) is 6.92 Å². The maximum absolute atomic E-state index is 11.0. The van der Waals surface area contributed by atoms with Crippen LogP contribution in [0.15, 0.2) is 6.07 Å². The van der Waals surface area contributed by atoms with Gasteiger partial charge in [0, 0.05) is 17.5 Å². The number of nitrogens with zero attached hydrogens (tertiary/aromatic N) is 1. The predicted molar refractivity (Wildman–Crippen MR) is 75.7 cm³/mol. The topological polar surface area (TPSA) is 60.8 Å². The summed E-state index contributed by atoms with van der Waals surface area (Å²) in [5.74, 6) is -0.861. The molecule has 2 atom stereocenters. The van der Waals surface area contributed by atoms with Crippen molar-refractivity contribution in [2.75, 3.05) is 7.05 Å². The lowest BCUT2D eigenvalue weighted by atomic mass is 9.91. The third kappa shape index (κ3) is 3.35. The Labute approximate surface area is 117 Å². The van der Waals surface area contributed by atoms with Gasteiger partial charge in [-0.1, -0.05) is 12.8 Å². The van der Waals surface area contributed by atoms with Crippen LogP contribution >= 0.6 is 11.3 Å². The number of carboxylic acid groups (broad SMARTS) is 1. The smallest absolute Gasteiger partial charge is 0.345 e. The summed E-state index contributed by atoms with van der Waals surface area (Å²) in [4.78, 5) is 14.6. The Morgan fingerprint density at radius 2 is 2.16 bits per heavy atom. The fourth-order valence-electron chi connectivity index (χ4n) is 2.77. The molecule has 2 rings (SSSR count). The van der Waals surface area contributed by atoms with E-state index in [-0.39, 0.29) is 12.1 Å². The van der Waals surface area contributed by atoms with Crippen molar-refractivity contribution in [1.29, 1.82) is 0 Å². The molecule has 1 aromatic heterocycles. The van der Waals surface area contributed by atoms with Crippen molar-refractivity contribution in [1.82, 2.24) is 4.90 Å². The van der Waals surface area contributed by atoms with E-state index in [0.717, 1.165) is 36.1 Å². The Balaban J connectivity index is 2.05. The molecule has 0 radical (unpaired) electrons. The molecular formula is C14H21NO3S. The van der Waals surface area contributed by atoms with Crippen molar-refractivity contribution in [3.05, 3.63) is 21.4 Å². The fourth-order valence-corrected chi connectivity index (χ4v) is 3.65. The summed E-state index contributed by atoms with van der Waals surface area (Å²) in [6.45, 7) is 2.66. The third-order valence-electron chi connectivity index (χ3n) is 3.91. The quantitative estimate of drug-likeness (QED) is 0.891. The number of thiophene rings is 1. The van der Waals surface area contributed by atoms with E-state index in [1.54, 1.807) is 6.07 Å². The summed E-state index contributed by atoms with van der Waals surface area (Å²) >= 11 is 1.32. The number of hydrogen-bond acceptors (Lipinski definition) is 4. The SMILES string of the molecule is Cc1sc(C(=O)O)cc1CN(C)C1CCCCC1O. The second-order valence-electron chi connectivity index (χ2n) is 5.33. The van der Waals surface area contributed by atoms with Crippen LogP contribution in [0.1, 0.15) is 45.8 Å². The van der Waals surface area contributed by atoms with Gasteiger partial charge in [-0.2, -0.15) is 0 Å². The molecule has 2 unspecified atom stereocenters. The lowest BCUT2D eigenvalue weighted by molar-refractivity contribution is 0.0288. The number of aryl methyl sites for hydroxylation is 1. The number of aliphatic hydroxyl groups excluding tert-OH is 1. The van der Waals surface area contributed by atoms with Gasteiger partial charge in [-0.3, -0.25) is 4.90 Å². The van der Waals surface area contributed by atoms with Gasteiger partial charge < -0.3 is 10.2 Å². The normalized spacial score (nSPS) is 23.8. The fraction of sp³-hybridized carbons (Fsp3) is 0.643. The molecule has 0 aromatic carbocycles. The molecule has 0 aliphatic heterocycles. The number of aliphatic hydroxyl groups is 1. The Hall–Kier alpha value is -0.910. The van der Waals surface area contributed by atoms with E-state index in [1.807, 2.05) is 14.0 Å². The molecule has 0 bridgehead atoms. The van der Waals surface area contributed by atoms with E-state index in [1.165, 1.54) is 11.3 Å². The highest BCUT2D eigenvalue weighted by molar-refractivity contribution is 7.14. The number of carboxylic acids is 1. The van der Waals surface area contributed by atoms with Crippen LogP contribution in [-0.4, -0.2) is 40.3 Å². The molecule has 1 aliphatic carbocycles. The monoisotopic (exact) mass is 283 g/mol.